The minimum Gasteiger partial charge on any atom is -0.489 e. The molecule has 1 aromatic heterocycles. The third-order valence-electron chi connectivity index (χ3n) is 3.53. The summed E-state index contributed by atoms with van der Waals surface area (Å²) in [7, 11) is 0. The molecule has 0 radical (unpaired) electrons. The lowest BCUT2D eigenvalue weighted by Crippen LogP contribution is -2.26. The van der Waals surface area contributed by atoms with Crippen molar-refractivity contribution < 1.29 is 19.4 Å². The predicted octanol–water partition coefficient (Wildman–Crippen LogP) is 2.57. The molecule has 0 spiro atoms. The number of carboxylic acid groups (broad SMARTS) is 1. The second-order valence-electron chi connectivity index (χ2n) is 5.67. The third kappa shape index (κ3) is 7.48. The van der Waals surface area contributed by atoms with E-state index in [1.165, 1.54) is 0 Å². The first-order chi connectivity index (χ1) is 12.1. The van der Waals surface area contributed by atoms with Gasteiger partial charge in [0.2, 0.25) is 5.91 Å². The van der Waals surface area contributed by atoms with Gasteiger partial charge >= 0.3 is 5.97 Å². The summed E-state index contributed by atoms with van der Waals surface area (Å²) in [4.78, 5) is 26.4. The van der Waals surface area contributed by atoms with E-state index >= 15 is 0 Å². The number of aliphatic carboxylic acids is 1. The number of carbonyl (C=O) groups excluding carboxylic acids is 1. The van der Waals surface area contributed by atoms with Gasteiger partial charge in [0.05, 0.1) is 6.42 Å². The van der Waals surface area contributed by atoms with E-state index in [9.17, 15) is 9.59 Å². The zero-order valence-electron chi connectivity index (χ0n) is 14.0. The summed E-state index contributed by atoms with van der Waals surface area (Å²) in [5.74, 6) is -0.190. The summed E-state index contributed by atoms with van der Waals surface area (Å²) in [5.41, 5.74) is 1.85. The molecule has 0 saturated carbocycles. The highest BCUT2D eigenvalue weighted by Crippen LogP contribution is 2.15. The molecule has 0 aliphatic carbocycles. The molecule has 0 atom stereocenters. The van der Waals surface area contributed by atoms with Crippen LogP contribution in [0.2, 0.25) is 0 Å². The van der Waals surface area contributed by atoms with Gasteiger partial charge in [0.25, 0.3) is 0 Å². The number of aromatic nitrogens is 1. The molecule has 2 aromatic rings. The Hall–Kier alpha value is -2.89. The second kappa shape index (κ2) is 10.1. The molecule has 0 aliphatic rings. The fourth-order valence-electron chi connectivity index (χ4n) is 2.27. The van der Waals surface area contributed by atoms with Gasteiger partial charge in [-0.1, -0.05) is 18.2 Å². The van der Waals surface area contributed by atoms with Crippen molar-refractivity contribution in [1.29, 1.82) is 0 Å². The Morgan fingerprint density at radius 3 is 2.72 bits per heavy atom. The van der Waals surface area contributed by atoms with E-state index in [0.29, 0.717) is 31.7 Å². The molecule has 0 bridgehead atoms. The minimum absolute atomic E-state index is 0.0836. The number of nitrogens with zero attached hydrogens (tertiary/aromatic N) is 1. The van der Waals surface area contributed by atoms with Crippen LogP contribution in [0.3, 0.4) is 0 Å². The van der Waals surface area contributed by atoms with Gasteiger partial charge in [-0.2, -0.15) is 0 Å². The number of unbranched alkanes of at least 4 members (excludes halogenated alkanes) is 1. The van der Waals surface area contributed by atoms with Crippen LogP contribution in [0.25, 0.3) is 0 Å². The van der Waals surface area contributed by atoms with Crippen LogP contribution in [-0.4, -0.2) is 28.5 Å². The lowest BCUT2D eigenvalue weighted by Gasteiger charge is -2.08. The maximum atomic E-state index is 11.9. The monoisotopic (exact) mass is 342 g/mol. The van der Waals surface area contributed by atoms with Gasteiger partial charge in [-0.05, 0) is 36.6 Å². The van der Waals surface area contributed by atoms with Gasteiger partial charge in [0.15, 0.2) is 0 Å². The Morgan fingerprint density at radius 2 is 1.96 bits per heavy atom. The van der Waals surface area contributed by atoms with Crippen molar-refractivity contribution in [3.8, 4) is 5.75 Å². The molecule has 132 valence electrons. The number of hydrogen-bond acceptors (Lipinski definition) is 4. The Balaban J connectivity index is 1.74. The Morgan fingerprint density at radius 1 is 1.12 bits per heavy atom. The largest absolute Gasteiger partial charge is 0.489 e. The molecule has 2 N–H and O–H groups in total. The standard InChI is InChI=1S/C19H22N2O4/c22-18(21-10-2-1-8-19(23)24)12-15-5-3-7-17(11-15)25-14-16-6-4-9-20-13-16/h3-7,9,11,13H,1-2,8,10,12,14H2,(H,21,22)(H,23,24). The van der Waals surface area contributed by atoms with E-state index in [-0.39, 0.29) is 18.7 Å². The Kier molecular flexibility index (Phi) is 7.43. The average molecular weight is 342 g/mol. The van der Waals surface area contributed by atoms with E-state index in [1.807, 2.05) is 36.4 Å². The maximum absolute atomic E-state index is 11.9. The highest BCUT2D eigenvalue weighted by Gasteiger charge is 2.05. The molecule has 2 rings (SSSR count). The van der Waals surface area contributed by atoms with Gasteiger partial charge in [0, 0.05) is 30.9 Å². The van der Waals surface area contributed by atoms with Crippen LogP contribution in [0.4, 0.5) is 0 Å². The van der Waals surface area contributed by atoms with E-state index in [4.69, 9.17) is 9.84 Å². The van der Waals surface area contributed by atoms with Crippen molar-refractivity contribution in [1.82, 2.24) is 10.3 Å². The van der Waals surface area contributed by atoms with Crippen molar-refractivity contribution in [2.24, 2.45) is 0 Å². The molecule has 6 nitrogen and oxygen atoms in total. The van der Waals surface area contributed by atoms with Crippen LogP contribution < -0.4 is 10.1 Å². The van der Waals surface area contributed by atoms with Crippen LogP contribution in [0.1, 0.15) is 30.4 Å². The number of hydrogen-bond donors (Lipinski definition) is 2. The zero-order chi connectivity index (χ0) is 17.9. The van der Waals surface area contributed by atoms with Crippen molar-refractivity contribution in [2.75, 3.05) is 6.54 Å². The van der Waals surface area contributed by atoms with Crippen LogP contribution >= 0.6 is 0 Å². The van der Waals surface area contributed by atoms with E-state index in [2.05, 4.69) is 10.3 Å². The molecule has 0 aliphatic heterocycles. The molecule has 0 saturated heterocycles. The maximum Gasteiger partial charge on any atom is 0.303 e. The number of pyridine rings is 1. The fraction of sp³-hybridized carbons (Fsp3) is 0.316. The lowest BCUT2D eigenvalue weighted by atomic mass is 10.1. The summed E-state index contributed by atoms with van der Waals surface area (Å²) in [6, 6.07) is 11.2. The number of ether oxygens (including phenoxy) is 1. The quantitative estimate of drug-likeness (QED) is 0.648. The third-order valence-corrected chi connectivity index (χ3v) is 3.53. The molecule has 1 amide bonds. The van der Waals surface area contributed by atoms with Crippen LogP contribution in [0, 0.1) is 0 Å². The highest BCUT2D eigenvalue weighted by molar-refractivity contribution is 5.78. The molecule has 0 unspecified atom stereocenters. The molecular formula is C19H22N2O4. The molecular weight excluding hydrogens is 320 g/mol. The highest BCUT2D eigenvalue weighted by atomic mass is 16.5. The average Bonchev–Trinajstić information content (AvgIpc) is 2.60. The summed E-state index contributed by atoms with van der Waals surface area (Å²) in [5, 5.41) is 11.4. The molecule has 25 heavy (non-hydrogen) atoms. The van der Waals surface area contributed by atoms with Crippen molar-refractivity contribution >= 4 is 11.9 Å². The fourth-order valence-corrected chi connectivity index (χ4v) is 2.27. The summed E-state index contributed by atoms with van der Waals surface area (Å²) < 4.78 is 5.72. The topological polar surface area (TPSA) is 88.5 Å². The number of amides is 1. The molecule has 1 aromatic carbocycles. The van der Waals surface area contributed by atoms with Gasteiger partial charge in [0.1, 0.15) is 12.4 Å². The number of rotatable bonds is 10. The summed E-state index contributed by atoms with van der Waals surface area (Å²) in [6.45, 7) is 0.913. The van der Waals surface area contributed by atoms with Crippen molar-refractivity contribution in [3.05, 3.63) is 59.9 Å². The van der Waals surface area contributed by atoms with Crippen LogP contribution in [-0.2, 0) is 22.6 Å². The predicted molar refractivity (Wildman–Crippen MR) is 93.2 cm³/mol. The lowest BCUT2D eigenvalue weighted by molar-refractivity contribution is -0.137. The van der Waals surface area contributed by atoms with E-state index < -0.39 is 5.97 Å². The van der Waals surface area contributed by atoms with Gasteiger partial charge < -0.3 is 15.2 Å². The summed E-state index contributed by atoms with van der Waals surface area (Å²) >= 11 is 0. The van der Waals surface area contributed by atoms with Crippen molar-refractivity contribution in [3.63, 3.8) is 0 Å². The van der Waals surface area contributed by atoms with Crippen LogP contribution in [0.5, 0.6) is 5.75 Å². The zero-order valence-corrected chi connectivity index (χ0v) is 14.0. The summed E-state index contributed by atoms with van der Waals surface area (Å²) in [6.07, 6.45) is 5.08. The minimum atomic E-state index is -0.811. The molecule has 6 heteroatoms. The Labute approximate surface area is 146 Å². The number of carbonyl (C=O) groups is 2. The Bertz CT molecular complexity index is 689. The normalized spacial score (nSPS) is 10.2. The second-order valence-corrected chi connectivity index (χ2v) is 5.67. The number of carboxylic acids is 1. The van der Waals surface area contributed by atoms with Gasteiger partial charge in [-0.25, -0.2) is 0 Å². The SMILES string of the molecule is O=C(O)CCCCNC(=O)Cc1cccc(OCc2cccnc2)c1. The first-order valence-corrected chi connectivity index (χ1v) is 8.22. The molecule has 1 heterocycles. The van der Waals surface area contributed by atoms with Crippen LogP contribution in [0.15, 0.2) is 48.8 Å². The van der Waals surface area contributed by atoms with Gasteiger partial charge in [-0.3, -0.25) is 14.6 Å². The van der Waals surface area contributed by atoms with E-state index in [0.717, 1.165) is 11.1 Å². The smallest absolute Gasteiger partial charge is 0.303 e. The van der Waals surface area contributed by atoms with Crippen molar-refractivity contribution in [2.45, 2.75) is 32.3 Å². The first-order valence-electron chi connectivity index (χ1n) is 8.22. The van der Waals surface area contributed by atoms with E-state index in [1.54, 1.807) is 12.4 Å². The number of benzene rings is 1. The molecule has 0 fully saturated rings. The first kappa shape index (κ1) is 18.4. The van der Waals surface area contributed by atoms with Gasteiger partial charge in [-0.15, -0.1) is 0 Å². The number of nitrogens with one attached hydrogen (secondary N) is 1.